The van der Waals surface area contributed by atoms with Crippen molar-refractivity contribution in [1.82, 2.24) is 20.4 Å². The van der Waals surface area contributed by atoms with Crippen LogP contribution in [0.3, 0.4) is 0 Å². The molecule has 0 aliphatic heterocycles. The fraction of sp³-hybridized carbons (Fsp3) is 0.265. The Balaban J connectivity index is 1.48. The topological polar surface area (TPSA) is 135 Å². The summed E-state index contributed by atoms with van der Waals surface area (Å²) in [4.78, 5) is 44.2. The van der Waals surface area contributed by atoms with E-state index in [0.717, 1.165) is 32.7 Å². The van der Waals surface area contributed by atoms with Crippen molar-refractivity contribution in [2.45, 2.75) is 51.3 Å². The van der Waals surface area contributed by atoms with E-state index in [4.69, 9.17) is 9.26 Å². The highest BCUT2D eigenvalue weighted by Crippen LogP contribution is 2.27. The van der Waals surface area contributed by atoms with E-state index in [1.54, 1.807) is 27.8 Å². The zero-order valence-corrected chi connectivity index (χ0v) is 25.0. The fourth-order valence-corrected chi connectivity index (χ4v) is 5.09. The van der Waals surface area contributed by atoms with E-state index in [0.29, 0.717) is 0 Å². The van der Waals surface area contributed by atoms with Crippen molar-refractivity contribution in [3.63, 3.8) is 0 Å². The molecule has 2 atom stereocenters. The number of carbonyl (C=O) groups is 3. The average Bonchev–Trinajstić information content (AvgIpc) is 3.48. The van der Waals surface area contributed by atoms with E-state index < -0.39 is 41.5 Å². The fourth-order valence-electron chi connectivity index (χ4n) is 5.09. The summed E-state index contributed by atoms with van der Waals surface area (Å²) in [5, 5.41) is 19.9. The summed E-state index contributed by atoms with van der Waals surface area (Å²) in [5.41, 5.74) is 0.931. The lowest BCUT2D eigenvalue weighted by Gasteiger charge is -2.30. The number of alkyl carbamates (subject to hydrolysis) is 1. The second-order valence-electron chi connectivity index (χ2n) is 11.7. The molecule has 0 fully saturated rings. The Kier molecular flexibility index (Phi) is 8.61. The molecule has 0 radical (unpaired) electrons. The molecule has 226 valence electrons. The van der Waals surface area contributed by atoms with Crippen LogP contribution >= 0.6 is 0 Å². The highest BCUT2D eigenvalue weighted by atomic mass is 16.6. The van der Waals surface area contributed by atoms with Crippen LogP contribution in [0.4, 0.5) is 4.79 Å². The number of carboxylic acid groups (broad SMARTS) is 1. The minimum Gasteiger partial charge on any atom is -0.475 e. The van der Waals surface area contributed by atoms with Gasteiger partial charge in [-0.05, 0) is 58.6 Å². The Morgan fingerprint density at radius 2 is 1.41 bits per heavy atom. The molecule has 10 heteroatoms. The molecular formula is C34H34N4O6. The van der Waals surface area contributed by atoms with Gasteiger partial charge in [-0.25, -0.2) is 9.59 Å². The van der Waals surface area contributed by atoms with Crippen LogP contribution in [0.2, 0.25) is 0 Å². The molecule has 0 aliphatic carbocycles. The molecule has 2 unspecified atom stereocenters. The molecule has 44 heavy (non-hydrogen) atoms. The smallest absolute Gasteiger partial charge is 0.408 e. The van der Waals surface area contributed by atoms with E-state index in [9.17, 15) is 19.5 Å². The van der Waals surface area contributed by atoms with Gasteiger partial charge in [0.05, 0.1) is 0 Å². The normalized spacial score (nSPS) is 12.9. The summed E-state index contributed by atoms with van der Waals surface area (Å²) >= 11 is 0. The number of carbonyl (C=O) groups excluding carboxylic acids is 2. The number of nitrogens with zero attached hydrogens (tertiary/aromatic N) is 3. The summed E-state index contributed by atoms with van der Waals surface area (Å²) in [5.74, 6) is -2.33. The zero-order valence-electron chi connectivity index (χ0n) is 25.0. The van der Waals surface area contributed by atoms with Gasteiger partial charge in [0.2, 0.25) is 11.8 Å². The standard InChI is InChI=1S/C34H34N4O6/c1-34(2,3)43-33(42)35-27(19-21-13-15-23-9-5-7-11-25(23)17-21)31(39)38(4)28(30-36-29(32(40)41)37-44-30)20-22-14-16-24-10-6-8-12-26(24)18-22/h5-18,27-28H,19-20H2,1-4H3,(H,35,42)(H,40,41). The lowest BCUT2D eigenvalue weighted by molar-refractivity contribution is -0.135. The highest BCUT2D eigenvalue weighted by Gasteiger charge is 2.34. The number of likely N-dealkylation sites (N-methyl/N-ethyl adjacent to an activating group) is 1. The number of carboxylic acids is 1. The lowest BCUT2D eigenvalue weighted by Crippen LogP contribution is -2.50. The summed E-state index contributed by atoms with van der Waals surface area (Å²) < 4.78 is 10.9. The Labute approximate surface area is 254 Å². The molecule has 1 heterocycles. The molecule has 0 saturated carbocycles. The molecule has 4 aromatic carbocycles. The summed E-state index contributed by atoms with van der Waals surface area (Å²) in [6.07, 6.45) is -0.300. The van der Waals surface area contributed by atoms with E-state index in [1.165, 1.54) is 4.90 Å². The van der Waals surface area contributed by atoms with E-state index in [2.05, 4.69) is 15.5 Å². The minimum atomic E-state index is -1.35. The number of nitrogens with one attached hydrogen (secondary N) is 1. The maximum Gasteiger partial charge on any atom is 0.408 e. The van der Waals surface area contributed by atoms with Crippen molar-refractivity contribution in [1.29, 1.82) is 0 Å². The number of hydrogen-bond acceptors (Lipinski definition) is 7. The van der Waals surface area contributed by atoms with Gasteiger partial charge in [0.1, 0.15) is 17.7 Å². The van der Waals surface area contributed by atoms with Crippen LogP contribution < -0.4 is 5.32 Å². The monoisotopic (exact) mass is 594 g/mol. The van der Waals surface area contributed by atoms with Gasteiger partial charge in [0, 0.05) is 19.9 Å². The van der Waals surface area contributed by atoms with Crippen LogP contribution in [0.15, 0.2) is 89.5 Å². The molecule has 5 rings (SSSR count). The number of aromatic carboxylic acids is 1. The molecule has 0 saturated heterocycles. The second kappa shape index (κ2) is 12.5. The first-order valence-corrected chi connectivity index (χ1v) is 14.3. The van der Waals surface area contributed by atoms with Crippen molar-refractivity contribution in [3.05, 3.63) is 108 Å². The van der Waals surface area contributed by atoms with Crippen LogP contribution in [0, 0.1) is 0 Å². The zero-order chi connectivity index (χ0) is 31.4. The number of ether oxygens (including phenoxy) is 1. The molecular weight excluding hydrogens is 560 g/mol. The first-order chi connectivity index (χ1) is 21.0. The Hall–Kier alpha value is -5.25. The third-order valence-corrected chi connectivity index (χ3v) is 7.22. The van der Waals surface area contributed by atoms with Crippen LogP contribution in [-0.2, 0) is 22.4 Å². The predicted molar refractivity (Wildman–Crippen MR) is 165 cm³/mol. The number of fused-ring (bicyclic) bond motifs is 2. The molecule has 10 nitrogen and oxygen atoms in total. The van der Waals surface area contributed by atoms with Gasteiger partial charge in [-0.1, -0.05) is 84.9 Å². The predicted octanol–water partition coefficient (Wildman–Crippen LogP) is 5.95. The maximum atomic E-state index is 14.2. The maximum absolute atomic E-state index is 14.2. The summed E-state index contributed by atoms with van der Waals surface area (Å²) in [6.45, 7) is 5.23. The highest BCUT2D eigenvalue weighted by molar-refractivity contribution is 5.88. The largest absolute Gasteiger partial charge is 0.475 e. The van der Waals surface area contributed by atoms with E-state index in [-0.39, 0.29) is 18.7 Å². The van der Waals surface area contributed by atoms with Gasteiger partial charge in [0.15, 0.2) is 0 Å². The van der Waals surface area contributed by atoms with Gasteiger partial charge < -0.3 is 24.6 Å². The Morgan fingerprint density at radius 1 is 0.864 bits per heavy atom. The van der Waals surface area contributed by atoms with Gasteiger partial charge in [-0.3, -0.25) is 4.79 Å². The Bertz CT molecular complexity index is 1830. The third kappa shape index (κ3) is 7.20. The molecule has 2 amide bonds. The van der Waals surface area contributed by atoms with Crippen molar-refractivity contribution >= 4 is 39.5 Å². The second-order valence-corrected chi connectivity index (χ2v) is 11.7. The lowest BCUT2D eigenvalue weighted by atomic mass is 9.98. The number of hydrogen-bond donors (Lipinski definition) is 2. The number of aromatic nitrogens is 2. The average molecular weight is 595 g/mol. The van der Waals surface area contributed by atoms with Gasteiger partial charge in [-0.2, -0.15) is 4.98 Å². The molecule has 2 N–H and O–H groups in total. The first kappa shape index (κ1) is 30.2. The number of rotatable bonds is 9. The molecule has 0 spiro atoms. The molecule has 0 aliphatic rings. The van der Waals surface area contributed by atoms with Crippen molar-refractivity contribution < 1.29 is 28.8 Å². The van der Waals surface area contributed by atoms with Crippen LogP contribution in [0.1, 0.15) is 54.4 Å². The number of amides is 2. The summed E-state index contributed by atoms with van der Waals surface area (Å²) in [6, 6.07) is 25.7. The molecule has 1 aromatic heterocycles. The van der Waals surface area contributed by atoms with Crippen molar-refractivity contribution in [2.75, 3.05) is 7.05 Å². The van der Waals surface area contributed by atoms with Crippen LogP contribution in [0.25, 0.3) is 21.5 Å². The Morgan fingerprint density at radius 3 is 1.93 bits per heavy atom. The third-order valence-electron chi connectivity index (χ3n) is 7.22. The van der Waals surface area contributed by atoms with Crippen molar-refractivity contribution in [3.8, 4) is 0 Å². The molecule has 0 bridgehead atoms. The quantitative estimate of drug-likeness (QED) is 0.214. The van der Waals surface area contributed by atoms with Crippen molar-refractivity contribution in [2.24, 2.45) is 0 Å². The van der Waals surface area contributed by atoms with Gasteiger partial charge in [-0.15, -0.1) is 0 Å². The van der Waals surface area contributed by atoms with Gasteiger partial charge in [0.25, 0.3) is 5.82 Å². The SMILES string of the molecule is CN(C(=O)C(Cc1ccc2ccccc2c1)NC(=O)OC(C)(C)C)C(Cc1ccc2ccccc2c1)c1nc(C(=O)O)no1. The molecule has 5 aromatic rings. The minimum absolute atomic E-state index is 0.0341. The van der Waals surface area contributed by atoms with E-state index in [1.807, 2.05) is 84.9 Å². The van der Waals surface area contributed by atoms with Crippen LogP contribution in [-0.4, -0.2) is 56.8 Å². The summed E-state index contributed by atoms with van der Waals surface area (Å²) in [7, 11) is 1.57. The first-order valence-electron chi connectivity index (χ1n) is 14.3. The van der Waals surface area contributed by atoms with Crippen LogP contribution in [0.5, 0.6) is 0 Å². The van der Waals surface area contributed by atoms with Gasteiger partial charge >= 0.3 is 12.1 Å². The van der Waals surface area contributed by atoms with E-state index >= 15 is 0 Å². The number of benzene rings is 4.